The molecule has 0 aliphatic rings. The molecule has 118 valence electrons. The molecule has 0 aliphatic carbocycles. The van der Waals surface area contributed by atoms with E-state index in [1.54, 1.807) is 34.9 Å². The molecule has 2 aromatic heterocycles. The van der Waals surface area contributed by atoms with Crippen molar-refractivity contribution < 1.29 is 18.7 Å². The van der Waals surface area contributed by atoms with Crippen LogP contribution in [-0.2, 0) is 11.5 Å². The van der Waals surface area contributed by atoms with E-state index in [4.69, 9.17) is 5.73 Å². The normalized spacial score (nSPS) is 10.7. The molecule has 23 heavy (non-hydrogen) atoms. The highest BCUT2D eigenvalue weighted by molar-refractivity contribution is 5.83. The third kappa shape index (κ3) is 2.84. The smallest absolute Gasteiger partial charge is 0.326 e. The summed E-state index contributed by atoms with van der Waals surface area (Å²) in [5.41, 5.74) is 7.95. The summed E-state index contributed by atoms with van der Waals surface area (Å²) in [5.74, 6) is -0.244. The van der Waals surface area contributed by atoms with Crippen LogP contribution in [0, 0.1) is 5.82 Å². The number of carbonyl (C=O) groups excluding carboxylic acids is 1. The van der Waals surface area contributed by atoms with Crippen LogP contribution in [-0.4, -0.2) is 15.5 Å². The molecular formula is C15H12F2N4O2. The Hall–Kier alpha value is -3.00. The first-order valence-corrected chi connectivity index (χ1v) is 6.68. The molecule has 0 aliphatic heterocycles. The van der Waals surface area contributed by atoms with E-state index in [1.165, 1.54) is 12.3 Å². The second-order valence-corrected chi connectivity index (χ2v) is 4.77. The number of nitrogens with zero attached hydrogens (tertiary/aromatic N) is 2. The van der Waals surface area contributed by atoms with E-state index in [0.29, 0.717) is 16.8 Å². The Kier molecular flexibility index (Phi) is 3.90. The molecule has 0 saturated heterocycles. The number of anilines is 1. The van der Waals surface area contributed by atoms with E-state index in [2.05, 4.69) is 15.2 Å². The van der Waals surface area contributed by atoms with Gasteiger partial charge in [0, 0.05) is 22.8 Å². The molecule has 2 heterocycles. The third-order valence-electron chi connectivity index (χ3n) is 3.39. The van der Waals surface area contributed by atoms with E-state index < -0.39 is 6.09 Å². The summed E-state index contributed by atoms with van der Waals surface area (Å²) >= 11 is 0. The number of fused-ring (bicyclic) bond motifs is 1. The summed E-state index contributed by atoms with van der Waals surface area (Å²) in [6.45, 7) is 0.0686. The van der Waals surface area contributed by atoms with Crippen molar-refractivity contribution in [3.63, 3.8) is 0 Å². The largest absolute Gasteiger partial charge is 0.450 e. The number of amides is 1. The number of aromatic nitrogens is 2. The number of imidazole rings is 1. The fraction of sp³-hybridized carbons (Fsp3) is 0.0667. The van der Waals surface area contributed by atoms with Gasteiger partial charge in [0.05, 0.1) is 6.20 Å². The molecule has 1 amide bonds. The van der Waals surface area contributed by atoms with E-state index >= 15 is 0 Å². The van der Waals surface area contributed by atoms with Crippen molar-refractivity contribution in [1.82, 2.24) is 9.38 Å². The zero-order chi connectivity index (χ0) is 16.4. The van der Waals surface area contributed by atoms with Crippen molar-refractivity contribution in [2.45, 2.75) is 6.54 Å². The topological polar surface area (TPSA) is 81.6 Å². The highest BCUT2D eigenvalue weighted by Gasteiger charge is 2.11. The number of rotatable bonds is 3. The van der Waals surface area contributed by atoms with Crippen molar-refractivity contribution in [3.05, 3.63) is 54.1 Å². The van der Waals surface area contributed by atoms with Crippen molar-refractivity contribution >= 4 is 17.6 Å². The highest BCUT2D eigenvalue weighted by Crippen LogP contribution is 2.26. The average molecular weight is 318 g/mol. The number of nitrogens with two attached hydrogens (primary N) is 1. The number of benzene rings is 1. The van der Waals surface area contributed by atoms with Crippen LogP contribution in [0.5, 0.6) is 0 Å². The molecule has 0 bridgehead atoms. The van der Waals surface area contributed by atoms with Gasteiger partial charge in [0.15, 0.2) is 5.82 Å². The van der Waals surface area contributed by atoms with Gasteiger partial charge >= 0.3 is 6.09 Å². The maximum Gasteiger partial charge on any atom is 0.450 e. The number of carbonyl (C=O) groups is 1. The van der Waals surface area contributed by atoms with Crippen molar-refractivity contribution in [3.8, 4) is 11.1 Å². The summed E-state index contributed by atoms with van der Waals surface area (Å²) in [7, 11) is 0. The predicted octanol–water partition coefficient (Wildman–Crippen LogP) is 3.03. The molecule has 0 fully saturated rings. The molecule has 8 heteroatoms. The summed E-state index contributed by atoms with van der Waals surface area (Å²) in [6, 6.07) is 8.17. The molecule has 0 saturated carbocycles. The average Bonchev–Trinajstić information content (AvgIpc) is 2.95. The molecule has 1 aromatic carbocycles. The van der Waals surface area contributed by atoms with Gasteiger partial charge in [-0.1, -0.05) is 12.1 Å². The lowest BCUT2D eigenvalue weighted by Crippen LogP contribution is -2.09. The van der Waals surface area contributed by atoms with Crippen LogP contribution in [0.4, 0.5) is 19.5 Å². The Morgan fingerprint density at radius 3 is 2.87 bits per heavy atom. The van der Waals surface area contributed by atoms with Crippen LogP contribution in [0.15, 0.2) is 42.7 Å². The summed E-state index contributed by atoms with van der Waals surface area (Å²) in [5, 5.41) is 2.12. The van der Waals surface area contributed by atoms with Gasteiger partial charge in [0.1, 0.15) is 11.5 Å². The zero-order valence-electron chi connectivity index (χ0n) is 11.8. The monoisotopic (exact) mass is 318 g/mol. The van der Waals surface area contributed by atoms with Gasteiger partial charge in [0.2, 0.25) is 0 Å². The molecule has 0 atom stereocenters. The Bertz CT molecular complexity index is 879. The minimum atomic E-state index is -1.26. The van der Waals surface area contributed by atoms with Crippen LogP contribution in [0.3, 0.4) is 0 Å². The van der Waals surface area contributed by atoms with Crippen LogP contribution in [0.1, 0.15) is 5.56 Å². The maximum absolute atomic E-state index is 13.8. The maximum atomic E-state index is 13.8. The molecular weight excluding hydrogens is 306 g/mol. The zero-order valence-corrected chi connectivity index (χ0v) is 11.8. The van der Waals surface area contributed by atoms with Crippen molar-refractivity contribution in [2.24, 2.45) is 5.73 Å². The van der Waals surface area contributed by atoms with Crippen LogP contribution < -0.4 is 11.1 Å². The summed E-state index contributed by atoms with van der Waals surface area (Å²) in [6.07, 6.45) is 1.93. The quantitative estimate of drug-likeness (QED) is 0.778. The lowest BCUT2D eigenvalue weighted by molar-refractivity contribution is -0.0544. The highest BCUT2D eigenvalue weighted by atomic mass is 19.3. The molecule has 3 aromatic rings. The van der Waals surface area contributed by atoms with Gasteiger partial charge in [-0.15, -0.1) is 0 Å². The fourth-order valence-electron chi connectivity index (χ4n) is 2.37. The standard InChI is InChI=1S/C15H12F2N4O2/c16-12-3-1-2-10(11(12)6-18)9-4-5-14-19-13(8-21(14)7-9)20-15(22)23-17/h1-5,7-8H,6,18H2,(H,20,22). The predicted molar refractivity (Wildman–Crippen MR) is 79.7 cm³/mol. The van der Waals surface area contributed by atoms with Crippen molar-refractivity contribution in [1.29, 1.82) is 0 Å². The van der Waals surface area contributed by atoms with Crippen LogP contribution in [0.25, 0.3) is 16.8 Å². The Morgan fingerprint density at radius 2 is 2.13 bits per heavy atom. The molecule has 3 rings (SSSR count). The molecule has 3 N–H and O–H groups in total. The lowest BCUT2D eigenvalue weighted by atomic mass is 10.0. The number of pyridine rings is 1. The minimum absolute atomic E-state index is 0.0686. The van der Waals surface area contributed by atoms with Gasteiger partial charge in [-0.3, -0.25) is 5.32 Å². The molecule has 6 nitrogen and oxygen atoms in total. The number of halogens is 2. The van der Waals surface area contributed by atoms with E-state index in [0.717, 1.165) is 5.56 Å². The number of hydrogen-bond donors (Lipinski definition) is 2. The molecule has 0 radical (unpaired) electrons. The SMILES string of the molecule is NCc1c(F)cccc1-c1ccc2nc(NC(=O)OF)cn2c1. The van der Waals surface area contributed by atoms with E-state index in [1.807, 2.05) is 0 Å². The lowest BCUT2D eigenvalue weighted by Gasteiger charge is -2.09. The van der Waals surface area contributed by atoms with E-state index in [9.17, 15) is 13.7 Å². The Labute approximate surface area is 129 Å². The van der Waals surface area contributed by atoms with Crippen LogP contribution in [0.2, 0.25) is 0 Å². The third-order valence-corrected chi connectivity index (χ3v) is 3.39. The van der Waals surface area contributed by atoms with Crippen LogP contribution >= 0.6 is 0 Å². The fourth-order valence-corrected chi connectivity index (χ4v) is 2.37. The van der Waals surface area contributed by atoms with Gasteiger partial charge in [-0.05, 0) is 29.3 Å². The van der Waals surface area contributed by atoms with Gasteiger partial charge < -0.3 is 10.1 Å². The number of nitrogens with one attached hydrogen (secondary N) is 1. The van der Waals surface area contributed by atoms with Crippen molar-refractivity contribution in [2.75, 3.05) is 5.32 Å². The number of hydrogen-bond acceptors (Lipinski definition) is 4. The first kappa shape index (κ1) is 14.9. The minimum Gasteiger partial charge on any atom is -0.326 e. The summed E-state index contributed by atoms with van der Waals surface area (Å²) in [4.78, 5) is 18.0. The molecule has 0 spiro atoms. The second-order valence-electron chi connectivity index (χ2n) is 4.77. The first-order valence-electron chi connectivity index (χ1n) is 6.68. The second kappa shape index (κ2) is 6.01. The van der Waals surface area contributed by atoms with Gasteiger partial charge in [0.25, 0.3) is 0 Å². The van der Waals surface area contributed by atoms with Gasteiger partial charge in [-0.2, -0.15) is 0 Å². The summed E-state index contributed by atoms with van der Waals surface area (Å²) < 4.78 is 27.2. The Balaban J connectivity index is 2.03. The Morgan fingerprint density at radius 1 is 1.30 bits per heavy atom. The molecule has 0 unspecified atom stereocenters. The first-order chi connectivity index (χ1) is 11.1. The van der Waals surface area contributed by atoms with Gasteiger partial charge in [-0.25, -0.2) is 19.1 Å². The van der Waals surface area contributed by atoms with E-state index in [-0.39, 0.29) is 18.2 Å².